The lowest BCUT2D eigenvalue weighted by molar-refractivity contribution is 0.0536. The molecule has 1 aliphatic rings. The number of benzene rings is 1. The van der Waals surface area contributed by atoms with Crippen molar-refractivity contribution >= 4 is 29.9 Å². The summed E-state index contributed by atoms with van der Waals surface area (Å²) in [4.78, 5) is 6.72. The molecule has 1 unspecified atom stereocenters. The Balaban J connectivity index is 0.00000420. The van der Waals surface area contributed by atoms with Gasteiger partial charge in [0.2, 0.25) is 0 Å². The van der Waals surface area contributed by atoms with Crippen molar-refractivity contribution in [3.8, 4) is 5.75 Å². The Bertz CT molecular complexity index is 620. The molecule has 2 rings (SSSR count). The number of likely N-dealkylation sites (tertiary alicyclic amines) is 1. The van der Waals surface area contributed by atoms with Gasteiger partial charge in [0.25, 0.3) is 0 Å². The van der Waals surface area contributed by atoms with Crippen molar-refractivity contribution in [1.82, 2.24) is 10.2 Å². The van der Waals surface area contributed by atoms with Gasteiger partial charge in [-0.15, -0.1) is 24.0 Å². The Morgan fingerprint density at radius 3 is 2.72 bits per heavy atom. The van der Waals surface area contributed by atoms with E-state index >= 15 is 0 Å². The summed E-state index contributed by atoms with van der Waals surface area (Å²) in [5.74, 6) is 2.40. The highest BCUT2D eigenvalue weighted by Gasteiger charge is 2.24. The van der Waals surface area contributed by atoms with Crippen LogP contribution in [0.4, 0.5) is 0 Å². The lowest BCUT2D eigenvalue weighted by atomic mass is 9.87. The van der Waals surface area contributed by atoms with Gasteiger partial charge in [0, 0.05) is 33.2 Å². The second-order valence-corrected chi connectivity index (χ2v) is 8.27. The molecule has 29 heavy (non-hydrogen) atoms. The van der Waals surface area contributed by atoms with Crippen LogP contribution in [0, 0.1) is 5.92 Å². The fraction of sp³-hybridized carbons (Fsp3) is 0.682. The highest BCUT2D eigenvalue weighted by Crippen LogP contribution is 2.25. The van der Waals surface area contributed by atoms with Crippen molar-refractivity contribution in [2.75, 3.05) is 60.2 Å². The molecule has 0 saturated carbocycles. The van der Waals surface area contributed by atoms with Gasteiger partial charge in [-0.3, -0.25) is 4.99 Å². The van der Waals surface area contributed by atoms with E-state index < -0.39 is 0 Å². The molecule has 1 aromatic rings. The number of hydrogen-bond acceptors (Lipinski definition) is 4. The maximum atomic E-state index is 5.93. The van der Waals surface area contributed by atoms with E-state index in [1.165, 1.54) is 5.56 Å². The monoisotopic (exact) mass is 519 g/mol. The lowest BCUT2D eigenvalue weighted by Crippen LogP contribution is -2.41. The molecule has 1 atom stereocenters. The molecule has 166 valence electrons. The zero-order chi connectivity index (χ0) is 20.4. The SMILES string of the molecule is CN=C(NCCOc1cccc(C(C)(C)C)c1)N1CCC(COCCOC)C1.I. The molecule has 1 aromatic carbocycles. The minimum absolute atomic E-state index is 0. The van der Waals surface area contributed by atoms with Crippen molar-refractivity contribution in [3.63, 3.8) is 0 Å². The Morgan fingerprint density at radius 2 is 2.03 bits per heavy atom. The molecule has 1 heterocycles. The summed E-state index contributed by atoms with van der Waals surface area (Å²) in [6.07, 6.45) is 1.13. The Hall–Kier alpha value is -1.06. The smallest absolute Gasteiger partial charge is 0.193 e. The van der Waals surface area contributed by atoms with E-state index in [4.69, 9.17) is 14.2 Å². The minimum Gasteiger partial charge on any atom is -0.492 e. The molecular weight excluding hydrogens is 481 g/mol. The zero-order valence-electron chi connectivity index (χ0n) is 18.6. The summed E-state index contributed by atoms with van der Waals surface area (Å²) < 4.78 is 16.6. The number of nitrogens with zero attached hydrogens (tertiary/aromatic N) is 2. The van der Waals surface area contributed by atoms with Crippen molar-refractivity contribution < 1.29 is 14.2 Å². The van der Waals surface area contributed by atoms with E-state index in [0.717, 1.165) is 44.4 Å². The molecule has 1 fully saturated rings. The van der Waals surface area contributed by atoms with Crippen LogP contribution in [0.5, 0.6) is 5.75 Å². The van der Waals surface area contributed by atoms with Crippen molar-refractivity contribution in [2.24, 2.45) is 10.9 Å². The van der Waals surface area contributed by atoms with Crippen LogP contribution in [0.3, 0.4) is 0 Å². The first kappa shape index (κ1) is 26.0. The van der Waals surface area contributed by atoms with E-state index in [0.29, 0.717) is 25.7 Å². The number of halogens is 1. The lowest BCUT2D eigenvalue weighted by Gasteiger charge is -2.22. The van der Waals surface area contributed by atoms with E-state index in [9.17, 15) is 0 Å². The van der Waals surface area contributed by atoms with E-state index in [-0.39, 0.29) is 29.4 Å². The summed E-state index contributed by atoms with van der Waals surface area (Å²) in [5.41, 5.74) is 1.41. The number of guanidine groups is 1. The van der Waals surface area contributed by atoms with Gasteiger partial charge >= 0.3 is 0 Å². The summed E-state index contributed by atoms with van der Waals surface area (Å²) in [6.45, 7) is 12.0. The molecule has 0 aliphatic carbocycles. The van der Waals surface area contributed by atoms with Gasteiger partial charge in [-0.1, -0.05) is 32.9 Å². The number of hydrogen-bond donors (Lipinski definition) is 1. The van der Waals surface area contributed by atoms with Gasteiger partial charge in [-0.25, -0.2) is 0 Å². The summed E-state index contributed by atoms with van der Waals surface area (Å²) in [6, 6.07) is 8.35. The summed E-state index contributed by atoms with van der Waals surface area (Å²) >= 11 is 0. The van der Waals surface area contributed by atoms with E-state index in [1.807, 2.05) is 13.1 Å². The van der Waals surface area contributed by atoms with Crippen LogP contribution in [0.2, 0.25) is 0 Å². The largest absolute Gasteiger partial charge is 0.492 e. The molecule has 0 aromatic heterocycles. The average molecular weight is 519 g/mol. The van der Waals surface area contributed by atoms with Crippen molar-refractivity contribution in [3.05, 3.63) is 29.8 Å². The quantitative estimate of drug-likeness (QED) is 0.234. The van der Waals surface area contributed by atoms with Crippen molar-refractivity contribution in [2.45, 2.75) is 32.6 Å². The van der Waals surface area contributed by atoms with Gasteiger partial charge in [0.05, 0.1) is 26.4 Å². The van der Waals surface area contributed by atoms with E-state index in [2.05, 4.69) is 54.2 Å². The Labute approximate surface area is 193 Å². The number of rotatable bonds is 9. The van der Waals surface area contributed by atoms with Crippen LogP contribution in [0.15, 0.2) is 29.3 Å². The van der Waals surface area contributed by atoms with Crippen LogP contribution in [-0.4, -0.2) is 71.1 Å². The normalized spacial score (nSPS) is 17.2. The first-order chi connectivity index (χ1) is 13.4. The third-order valence-electron chi connectivity index (χ3n) is 4.94. The standard InChI is InChI=1S/C22H37N3O3.HI/c1-22(2,3)19-7-6-8-20(15-19)28-12-10-24-21(23-4)25-11-9-18(16-25)17-27-14-13-26-5;/h6-8,15,18H,9-14,16-17H2,1-5H3,(H,23,24);1H. The molecular formula is C22H38IN3O3. The third kappa shape index (κ3) is 9.09. The van der Waals surface area contributed by atoms with Crippen LogP contribution in [-0.2, 0) is 14.9 Å². The summed E-state index contributed by atoms with van der Waals surface area (Å²) in [7, 11) is 3.53. The molecule has 6 nitrogen and oxygen atoms in total. The summed E-state index contributed by atoms with van der Waals surface area (Å²) in [5, 5.41) is 3.41. The zero-order valence-corrected chi connectivity index (χ0v) is 20.9. The number of methoxy groups -OCH3 is 1. The fourth-order valence-electron chi connectivity index (χ4n) is 3.27. The van der Waals surface area contributed by atoms with Crippen LogP contribution < -0.4 is 10.1 Å². The first-order valence-electron chi connectivity index (χ1n) is 10.2. The van der Waals surface area contributed by atoms with Crippen LogP contribution >= 0.6 is 24.0 Å². The van der Waals surface area contributed by atoms with Crippen LogP contribution in [0.25, 0.3) is 0 Å². The minimum atomic E-state index is 0. The van der Waals surface area contributed by atoms with Gasteiger partial charge in [0.15, 0.2) is 5.96 Å². The second kappa shape index (κ2) is 13.3. The fourth-order valence-corrected chi connectivity index (χ4v) is 3.27. The Kier molecular flexibility index (Phi) is 11.9. The molecule has 0 bridgehead atoms. The van der Waals surface area contributed by atoms with Crippen LogP contribution in [0.1, 0.15) is 32.8 Å². The Morgan fingerprint density at radius 1 is 1.24 bits per heavy atom. The van der Waals surface area contributed by atoms with Crippen molar-refractivity contribution in [1.29, 1.82) is 0 Å². The maximum Gasteiger partial charge on any atom is 0.193 e. The topological polar surface area (TPSA) is 55.3 Å². The predicted molar refractivity (Wildman–Crippen MR) is 130 cm³/mol. The predicted octanol–water partition coefficient (Wildman–Crippen LogP) is 3.54. The van der Waals surface area contributed by atoms with Gasteiger partial charge in [-0.2, -0.15) is 0 Å². The molecule has 0 spiro atoms. The van der Waals surface area contributed by atoms with Gasteiger partial charge in [-0.05, 0) is 29.5 Å². The van der Waals surface area contributed by atoms with E-state index in [1.54, 1.807) is 7.11 Å². The second-order valence-electron chi connectivity index (χ2n) is 8.27. The molecule has 0 amide bonds. The molecule has 0 radical (unpaired) electrons. The van der Waals surface area contributed by atoms with Gasteiger partial charge < -0.3 is 24.4 Å². The highest BCUT2D eigenvalue weighted by molar-refractivity contribution is 14.0. The molecule has 1 aliphatic heterocycles. The maximum absolute atomic E-state index is 5.93. The molecule has 7 heteroatoms. The molecule has 1 saturated heterocycles. The number of aliphatic imine (C=N–C) groups is 1. The average Bonchev–Trinajstić information content (AvgIpc) is 3.13. The first-order valence-corrected chi connectivity index (χ1v) is 10.2. The highest BCUT2D eigenvalue weighted by atomic mass is 127. The third-order valence-corrected chi connectivity index (χ3v) is 4.94. The number of nitrogens with one attached hydrogen (secondary N) is 1. The number of ether oxygens (including phenoxy) is 3. The van der Waals surface area contributed by atoms with Gasteiger partial charge in [0.1, 0.15) is 12.4 Å². The molecule has 1 N–H and O–H groups in total.